The van der Waals surface area contributed by atoms with E-state index in [4.69, 9.17) is 0 Å². The van der Waals surface area contributed by atoms with Gasteiger partial charge in [-0.05, 0) is 38.0 Å². The third-order valence-electron chi connectivity index (χ3n) is 3.05. The van der Waals surface area contributed by atoms with E-state index in [0.717, 1.165) is 11.8 Å². The molecular formula is C9H14. The molecule has 0 aromatic carbocycles. The minimum absolute atomic E-state index is 1.00. The van der Waals surface area contributed by atoms with Crippen molar-refractivity contribution in [3.05, 3.63) is 11.1 Å². The van der Waals surface area contributed by atoms with Gasteiger partial charge < -0.3 is 0 Å². The summed E-state index contributed by atoms with van der Waals surface area (Å²) in [5.41, 5.74) is 3.49. The van der Waals surface area contributed by atoms with Crippen LogP contribution < -0.4 is 0 Å². The highest BCUT2D eigenvalue weighted by Crippen LogP contribution is 2.47. The summed E-state index contributed by atoms with van der Waals surface area (Å²) in [4.78, 5) is 0. The number of hydrogen-bond donors (Lipinski definition) is 0. The molecule has 1 fully saturated rings. The van der Waals surface area contributed by atoms with Crippen LogP contribution in [-0.4, -0.2) is 0 Å². The Morgan fingerprint density at radius 1 is 1.22 bits per heavy atom. The van der Waals surface area contributed by atoms with Crippen molar-refractivity contribution in [1.29, 1.82) is 0 Å². The Balaban J connectivity index is 2.28. The zero-order valence-corrected chi connectivity index (χ0v) is 6.28. The molecule has 0 aliphatic heterocycles. The van der Waals surface area contributed by atoms with Crippen LogP contribution in [0.5, 0.6) is 0 Å². The van der Waals surface area contributed by atoms with Crippen molar-refractivity contribution in [3.63, 3.8) is 0 Å². The summed E-state index contributed by atoms with van der Waals surface area (Å²) in [6.45, 7) is 4.70. The van der Waals surface area contributed by atoms with E-state index in [0.29, 0.717) is 0 Å². The SMILES string of the molecule is CC1=C2CC(C)C(C1)C2. The highest BCUT2D eigenvalue weighted by atomic mass is 14.4. The molecule has 2 bridgehead atoms. The molecule has 0 N–H and O–H groups in total. The van der Waals surface area contributed by atoms with Gasteiger partial charge in [0.1, 0.15) is 0 Å². The molecule has 2 rings (SSSR count). The fraction of sp³-hybridized carbons (Fsp3) is 0.778. The Morgan fingerprint density at radius 2 is 2.00 bits per heavy atom. The maximum absolute atomic E-state index is 2.39. The Kier molecular flexibility index (Phi) is 0.992. The maximum atomic E-state index is 2.39. The quantitative estimate of drug-likeness (QED) is 0.433. The van der Waals surface area contributed by atoms with Gasteiger partial charge in [0.15, 0.2) is 0 Å². The molecule has 0 aromatic rings. The molecule has 2 atom stereocenters. The lowest BCUT2D eigenvalue weighted by Crippen LogP contribution is -2.04. The second-order valence-electron chi connectivity index (χ2n) is 3.73. The fourth-order valence-electron chi connectivity index (χ4n) is 2.32. The minimum Gasteiger partial charge on any atom is -0.0738 e. The fourth-order valence-corrected chi connectivity index (χ4v) is 2.32. The van der Waals surface area contributed by atoms with E-state index in [9.17, 15) is 0 Å². The normalized spacial score (nSPS) is 40.7. The predicted octanol–water partition coefficient (Wildman–Crippen LogP) is 2.75. The van der Waals surface area contributed by atoms with Crippen molar-refractivity contribution < 1.29 is 0 Å². The van der Waals surface area contributed by atoms with E-state index in [1.807, 2.05) is 0 Å². The summed E-state index contributed by atoms with van der Waals surface area (Å²) in [6, 6.07) is 0. The van der Waals surface area contributed by atoms with E-state index in [1.54, 1.807) is 11.1 Å². The number of fused-ring (bicyclic) bond motifs is 2. The largest absolute Gasteiger partial charge is 0.0738 e. The van der Waals surface area contributed by atoms with E-state index in [-0.39, 0.29) is 0 Å². The van der Waals surface area contributed by atoms with E-state index >= 15 is 0 Å². The second-order valence-corrected chi connectivity index (χ2v) is 3.73. The lowest BCUT2D eigenvalue weighted by Gasteiger charge is -2.15. The van der Waals surface area contributed by atoms with Crippen molar-refractivity contribution >= 4 is 0 Å². The van der Waals surface area contributed by atoms with Crippen LogP contribution in [0.1, 0.15) is 33.1 Å². The Bertz CT molecular complexity index is 163. The van der Waals surface area contributed by atoms with Gasteiger partial charge >= 0.3 is 0 Å². The smallest absolute Gasteiger partial charge is 0.0283 e. The maximum Gasteiger partial charge on any atom is -0.0283 e. The molecule has 2 unspecified atom stereocenters. The standard InChI is InChI=1S/C9H14/c1-6-3-9-5-8(6)4-7(9)2/h6,8H,3-5H2,1-2H3. The first-order valence-corrected chi connectivity index (χ1v) is 3.95. The van der Waals surface area contributed by atoms with Gasteiger partial charge in [-0.3, -0.25) is 0 Å². The molecule has 0 heteroatoms. The van der Waals surface area contributed by atoms with E-state index < -0.39 is 0 Å². The molecule has 0 nitrogen and oxygen atoms in total. The second kappa shape index (κ2) is 1.62. The average Bonchev–Trinajstić information content (AvgIpc) is 2.24. The zero-order valence-electron chi connectivity index (χ0n) is 6.28. The predicted molar refractivity (Wildman–Crippen MR) is 39.2 cm³/mol. The minimum atomic E-state index is 1.00. The van der Waals surface area contributed by atoms with Crippen molar-refractivity contribution in [2.24, 2.45) is 11.8 Å². The summed E-state index contributed by atoms with van der Waals surface area (Å²) in [7, 11) is 0. The molecule has 0 heterocycles. The zero-order chi connectivity index (χ0) is 6.43. The molecule has 2 aliphatic carbocycles. The van der Waals surface area contributed by atoms with Crippen molar-refractivity contribution in [1.82, 2.24) is 0 Å². The molecule has 0 amide bonds. The Labute approximate surface area is 57.0 Å². The molecule has 9 heavy (non-hydrogen) atoms. The Morgan fingerprint density at radius 3 is 2.33 bits per heavy atom. The van der Waals surface area contributed by atoms with Gasteiger partial charge in [-0.15, -0.1) is 0 Å². The average molecular weight is 122 g/mol. The highest BCUT2D eigenvalue weighted by Gasteiger charge is 2.33. The van der Waals surface area contributed by atoms with Gasteiger partial charge in [-0.1, -0.05) is 18.1 Å². The van der Waals surface area contributed by atoms with Crippen LogP contribution in [0, 0.1) is 11.8 Å². The van der Waals surface area contributed by atoms with Gasteiger partial charge in [-0.2, -0.15) is 0 Å². The molecule has 0 radical (unpaired) electrons. The van der Waals surface area contributed by atoms with Gasteiger partial charge in [0.2, 0.25) is 0 Å². The van der Waals surface area contributed by atoms with E-state index in [1.165, 1.54) is 19.3 Å². The van der Waals surface area contributed by atoms with Crippen LogP contribution in [0.2, 0.25) is 0 Å². The molecule has 2 aliphatic rings. The first kappa shape index (κ1) is 5.52. The molecule has 50 valence electrons. The lowest BCUT2D eigenvalue weighted by molar-refractivity contribution is 0.416. The van der Waals surface area contributed by atoms with Crippen LogP contribution in [0.15, 0.2) is 11.1 Å². The number of allylic oxidation sites excluding steroid dienone is 2. The third kappa shape index (κ3) is 0.654. The van der Waals surface area contributed by atoms with Crippen LogP contribution in [0.25, 0.3) is 0 Å². The highest BCUT2D eigenvalue weighted by molar-refractivity contribution is 5.25. The van der Waals surface area contributed by atoms with Gasteiger partial charge in [0.25, 0.3) is 0 Å². The molecular weight excluding hydrogens is 108 g/mol. The topological polar surface area (TPSA) is 0 Å². The van der Waals surface area contributed by atoms with Crippen molar-refractivity contribution in [3.8, 4) is 0 Å². The van der Waals surface area contributed by atoms with E-state index in [2.05, 4.69) is 13.8 Å². The lowest BCUT2D eigenvalue weighted by atomic mass is 9.91. The summed E-state index contributed by atoms with van der Waals surface area (Å²) < 4.78 is 0. The molecule has 0 aromatic heterocycles. The summed E-state index contributed by atoms with van der Waals surface area (Å²) in [6.07, 6.45) is 4.26. The summed E-state index contributed by atoms with van der Waals surface area (Å²) in [5.74, 6) is 2.05. The number of rotatable bonds is 0. The van der Waals surface area contributed by atoms with Gasteiger partial charge in [0.05, 0.1) is 0 Å². The number of hydrogen-bond acceptors (Lipinski definition) is 0. The summed E-state index contributed by atoms with van der Waals surface area (Å²) >= 11 is 0. The molecule has 0 saturated heterocycles. The van der Waals surface area contributed by atoms with Crippen LogP contribution >= 0.6 is 0 Å². The van der Waals surface area contributed by atoms with Crippen LogP contribution in [0.3, 0.4) is 0 Å². The Hall–Kier alpha value is -0.260. The monoisotopic (exact) mass is 122 g/mol. The van der Waals surface area contributed by atoms with Crippen molar-refractivity contribution in [2.75, 3.05) is 0 Å². The van der Waals surface area contributed by atoms with Gasteiger partial charge in [0, 0.05) is 0 Å². The van der Waals surface area contributed by atoms with Crippen LogP contribution in [0.4, 0.5) is 0 Å². The summed E-state index contributed by atoms with van der Waals surface area (Å²) in [5, 5.41) is 0. The molecule has 1 saturated carbocycles. The van der Waals surface area contributed by atoms with Crippen molar-refractivity contribution in [2.45, 2.75) is 33.1 Å². The first-order valence-electron chi connectivity index (χ1n) is 3.95. The van der Waals surface area contributed by atoms with Crippen LogP contribution in [-0.2, 0) is 0 Å². The van der Waals surface area contributed by atoms with Gasteiger partial charge in [-0.25, -0.2) is 0 Å². The molecule has 0 spiro atoms. The third-order valence-corrected chi connectivity index (χ3v) is 3.05. The first-order chi connectivity index (χ1) is 4.27.